The van der Waals surface area contributed by atoms with Crippen molar-refractivity contribution in [2.75, 3.05) is 25.6 Å². The summed E-state index contributed by atoms with van der Waals surface area (Å²) in [5.41, 5.74) is 2.60. The Kier molecular flexibility index (Phi) is 5.91. The summed E-state index contributed by atoms with van der Waals surface area (Å²) in [6.45, 7) is 4.63. The minimum Gasteiger partial charge on any atom is -0.494 e. The highest BCUT2D eigenvalue weighted by Crippen LogP contribution is 2.35. The molecule has 2 aromatic carbocycles. The molecule has 29 heavy (non-hydrogen) atoms. The maximum absolute atomic E-state index is 12.8. The van der Waals surface area contributed by atoms with Crippen LogP contribution in [0.3, 0.4) is 0 Å². The predicted molar refractivity (Wildman–Crippen MR) is 110 cm³/mol. The first-order valence-corrected chi connectivity index (χ1v) is 9.49. The Balaban J connectivity index is 1.85. The molecule has 1 N–H and O–H groups in total. The molecule has 1 aliphatic heterocycles. The maximum atomic E-state index is 12.8. The number of nitro groups is 1. The Bertz CT molecular complexity index is 942. The van der Waals surface area contributed by atoms with Crippen molar-refractivity contribution >= 4 is 17.3 Å². The summed E-state index contributed by atoms with van der Waals surface area (Å²) in [5, 5.41) is 14.0. The van der Waals surface area contributed by atoms with Crippen LogP contribution in [0.2, 0.25) is 0 Å². The summed E-state index contributed by atoms with van der Waals surface area (Å²) in [7, 11) is 3.56. The second-order valence-electron chi connectivity index (χ2n) is 7.17. The Labute approximate surface area is 169 Å². The molecule has 3 rings (SSSR count). The number of benzene rings is 2. The largest absolute Gasteiger partial charge is 0.494 e. The molecule has 0 spiro atoms. The quantitative estimate of drug-likeness (QED) is 0.567. The summed E-state index contributed by atoms with van der Waals surface area (Å²) in [5.74, 6) is 1.11. The van der Waals surface area contributed by atoms with Crippen molar-refractivity contribution in [3.63, 3.8) is 0 Å². The van der Waals surface area contributed by atoms with Crippen molar-refractivity contribution in [3.8, 4) is 11.5 Å². The van der Waals surface area contributed by atoms with Gasteiger partial charge < -0.3 is 19.7 Å². The number of anilines is 1. The minimum atomic E-state index is -0.511. The number of carbonyl (C=O) groups is 1. The smallest absolute Gasteiger partial charge is 0.270 e. The first-order chi connectivity index (χ1) is 13.8. The Hall–Kier alpha value is -3.29. The van der Waals surface area contributed by atoms with E-state index < -0.39 is 10.8 Å². The van der Waals surface area contributed by atoms with Crippen LogP contribution in [-0.2, 0) is 13.0 Å². The second-order valence-corrected chi connectivity index (χ2v) is 7.17. The van der Waals surface area contributed by atoms with Crippen LogP contribution >= 0.6 is 0 Å². The molecule has 8 nitrogen and oxygen atoms in total. The maximum Gasteiger partial charge on any atom is 0.270 e. The van der Waals surface area contributed by atoms with Gasteiger partial charge in [0.15, 0.2) is 0 Å². The summed E-state index contributed by atoms with van der Waals surface area (Å²) in [6, 6.07) is 8.11. The van der Waals surface area contributed by atoms with E-state index in [4.69, 9.17) is 9.47 Å². The normalized spacial score (nSPS) is 14.7. The van der Waals surface area contributed by atoms with E-state index >= 15 is 0 Å². The monoisotopic (exact) mass is 399 g/mol. The number of hydrogen-bond donors (Lipinski definition) is 1. The van der Waals surface area contributed by atoms with Gasteiger partial charge in [-0.2, -0.15) is 0 Å². The van der Waals surface area contributed by atoms with Crippen LogP contribution in [0.1, 0.15) is 35.3 Å². The van der Waals surface area contributed by atoms with Gasteiger partial charge in [0.1, 0.15) is 17.6 Å². The average molecular weight is 399 g/mol. The fraction of sp³-hybridized carbons (Fsp3) is 0.381. The zero-order chi connectivity index (χ0) is 21.1. The van der Waals surface area contributed by atoms with Crippen LogP contribution < -0.4 is 19.7 Å². The highest BCUT2D eigenvalue weighted by atomic mass is 16.6. The third-order valence-electron chi connectivity index (χ3n) is 4.74. The van der Waals surface area contributed by atoms with Crippen LogP contribution in [0.15, 0.2) is 30.3 Å². The van der Waals surface area contributed by atoms with E-state index in [0.29, 0.717) is 18.0 Å². The SMILES string of the molecule is CCOc1cc2c(cc1CNC(=O)c1cc([N+](=O)[O-])ccc1N(C)C)O[C@@H](C)C2. The number of ether oxygens (including phenoxy) is 2. The molecule has 154 valence electrons. The van der Waals surface area contributed by atoms with Gasteiger partial charge in [-0.15, -0.1) is 0 Å². The summed E-state index contributed by atoms with van der Waals surface area (Å²) < 4.78 is 11.6. The lowest BCUT2D eigenvalue weighted by Gasteiger charge is -2.18. The van der Waals surface area contributed by atoms with Crippen molar-refractivity contribution in [1.82, 2.24) is 5.32 Å². The molecule has 0 fully saturated rings. The highest BCUT2D eigenvalue weighted by Gasteiger charge is 2.23. The fourth-order valence-electron chi connectivity index (χ4n) is 3.39. The first kappa shape index (κ1) is 20.4. The van der Waals surface area contributed by atoms with Crippen LogP contribution in [0.5, 0.6) is 11.5 Å². The van der Waals surface area contributed by atoms with E-state index in [1.54, 1.807) is 25.1 Å². The van der Waals surface area contributed by atoms with Crippen molar-refractivity contribution in [3.05, 3.63) is 57.1 Å². The fourth-order valence-corrected chi connectivity index (χ4v) is 3.39. The second kappa shape index (κ2) is 8.38. The third-order valence-corrected chi connectivity index (χ3v) is 4.74. The zero-order valence-electron chi connectivity index (χ0n) is 17.0. The molecule has 0 saturated carbocycles. The molecule has 0 saturated heterocycles. The number of carbonyl (C=O) groups excluding carboxylic acids is 1. The molecular weight excluding hydrogens is 374 g/mol. The highest BCUT2D eigenvalue weighted by molar-refractivity contribution is 6.00. The van der Waals surface area contributed by atoms with Crippen LogP contribution in [-0.4, -0.2) is 37.6 Å². The lowest BCUT2D eigenvalue weighted by molar-refractivity contribution is -0.384. The summed E-state index contributed by atoms with van der Waals surface area (Å²) in [6.07, 6.45) is 0.930. The molecule has 0 aromatic heterocycles. The van der Waals surface area contributed by atoms with Gasteiger partial charge in [0.25, 0.3) is 11.6 Å². The molecular formula is C21H25N3O5. The van der Waals surface area contributed by atoms with Crippen LogP contribution in [0, 0.1) is 10.1 Å². The lowest BCUT2D eigenvalue weighted by atomic mass is 10.1. The number of hydrogen-bond acceptors (Lipinski definition) is 6. The van der Waals surface area contributed by atoms with Crippen molar-refractivity contribution in [2.24, 2.45) is 0 Å². The number of amides is 1. The molecule has 1 atom stereocenters. The molecule has 1 amide bonds. The Morgan fingerprint density at radius 2 is 2.10 bits per heavy atom. The summed E-state index contributed by atoms with van der Waals surface area (Å²) >= 11 is 0. The van der Waals surface area contributed by atoms with E-state index in [0.717, 1.165) is 23.3 Å². The standard InChI is InChI=1S/C21H25N3O5/c1-5-28-19-9-14-8-13(2)29-20(14)10-15(19)12-22-21(25)17-11-16(24(26)27)6-7-18(17)23(3)4/h6-7,9-11,13H,5,8,12H2,1-4H3,(H,22,25)/t13-/m0/s1. The van der Waals surface area contributed by atoms with Gasteiger partial charge in [0.2, 0.25) is 0 Å². The molecule has 1 heterocycles. The minimum absolute atomic E-state index is 0.108. The van der Waals surface area contributed by atoms with E-state index in [2.05, 4.69) is 5.32 Å². The Morgan fingerprint density at radius 1 is 1.34 bits per heavy atom. The predicted octanol–water partition coefficient (Wildman–Crippen LogP) is 3.31. The average Bonchev–Trinajstić information content (AvgIpc) is 3.04. The van der Waals surface area contributed by atoms with Gasteiger partial charge in [-0.05, 0) is 32.0 Å². The lowest BCUT2D eigenvalue weighted by Crippen LogP contribution is -2.25. The molecule has 8 heteroatoms. The van der Waals surface area contributed by atoms with E-state index in [1.165, 1.54) is 12.1 Å². The Morgan fingerprint density at radius 3 is 2.76 bits per heavy atom. The van der Waals surface area contributed by atoms with Gasteiger partial charge in [0, 0.05) is 56.0 Å². The van der Waals surface area contributed by atoms with Gasteiger partial charge in [-0.3, -0.25) is 14.9 Å². The number of rotatable bonds is 7. The van der Waals surface area contributed by atoms with Crippen LogP contribution in [0.4, 0.5) is 11.4 Å². The topological polar surface area (TPSA) is 93.9 Å². The molecule has 0 radical (unpaired) electrons. The molecule has 0 bridgehead atoms. The van der Waals surface area contributed by atoms with E-state index in [1.807, 2.05) is 26.0 Å². The first-order valence-electron chi connectivity index (χ1n) is 9.49. The number of non-ortho nitro benzene ring substituents is 1. The molecule has 2 aromatic rings. The number of fused-ring (bicyclic) bond motifs is 1. The molecule has 0 aliphatic carbocycles. The van der Waals surface area contributed by atoms with Crippen LogP contribution in [0.25, 0.3) is 0 Å². The number of nitro benzene ring substituents is 1. The van der Waals surface area contributed by atoms with Gasteiger partial charge in [0.05, 0.1) is 17.1 Å². The van der Waals surface area contributed by atoms with E-state index in [-0.39, 0.29) is 23.9 Å². The molecule has 1 aliphatic rings. The molecule has 0 unspecified atom stereocenters. The zero-order valence-corrected chi connectivity index (χ0v) is 17.0. The van der Waals surface area contributed by atoms with Gasteiger partial charge >= 0.3 is 0 Å². The number of nitrogens with one attached hydrogen (secondary N) is 1. The summed E-state index contributed by atoms with van der Waals surface area (Å²) in [4.78, 5) is 25.2. The van der Waals surface area contributed by atoms with Crippen molar-refractivity contribution in [1.29, 1.82) is 0 Å². The van der Waals surface area contributed by atoms with Gasteiger partial charge in [-0.1, -0.05) is 0 Å². The third kappa shape index (κ3) is 4.42. The van der Waals surface area contributed by atoms with Gasteiger partial charge in [-0.25, -0.2) is 0 Å². The van der Waals surface area contributed by atoms with Crippen molar-refractivity contribution in [2.45, 2.75) is 32.9 Å². The van der Waals surface area contributed by atoms with E-state index in [9.17, 15) is 14.9 Å². The van der Waals surface area contributed by atoms with Crippen molar-refractivity contribution < 1.29 is 19.2 Å². The number of nitrogens with zero attached hydrogens (tertiary/aromatic N) is 2.